The Labute approximate surface area is 115 Å². The molecule has 19 heavy (non-hydrogen) atoms. The molecule has 4 heteroatoms. The van der Waals surface area contributed by atoms with Gasteiger partial charge >= 0.3 is 0 Å². The molecule has 0 unspecified atom stereocenters. The Hall–Kier alpha value is -1.26. The number of nitrogen functional groups attached to an aromatic ring is 1. The molecule has 0 saturated heterocycles. The number of fused-ring (bicyclic) bond motifs is 1. The molecular weight excluding hydrogens is 240 g/mol. The summed E-state index contributed by atoms with van der Waals surface area (Å²) in [6, 6.07) is 4.31. The Kier molecular flexibility index (Phi) is 5.05. The third kappa shape index (κ3) is 3.61. The monoisotopic (exact) mass is 264 g/mol. The number of rotatable bonds is 7. The molecule has 1 aliphatic heterocycles. The van der Waals surface area contributed by atoms with Crippen LogP contribution < -0.4 is 10.6 Å². The van der Waals surface area contributed by atoms with Gasteiger partial charge < -0.3 is 20.1 Å². The fraction of sp³-hybridized carbons (Fsp3) is 0.600. The average molecular weight is 264 g/mol. The minimum Gasteiger partial charge on any atom is -0.398 e. The minimum absolute atomic E-state index is 0.761. The van der Waals surface area contributed by atoms with Gasteiger partial charge in [0.15, 0.2) is 0 Å². The maximum atomic E-state index is 5.99. The van der Waals surface area contributed by atoms with Crippen molar-refractivity contribution in [3.63, 3.8) is 0 Å². The summed E-state index contributed by atoms with van der Waals surface area (Å²) in [5.41, 5.74) is 10.7. The fourth-order valence-electron chi connectivity index (χ4n) is 2.46. The van der Waals surface area contributed by atoms with Crippen LogP contribution in [0.1, 0.15) is 17.5 Å². The standard InChI is InChI=1S/C15H24N2O2/c1-12-10-13-4-5-17(15(13)11-14(12)16)6-9-19-8-3-7-18-2/h10-11H,3-9,16H2,1-2H3. The molecule has 2 N–H and O–H groups in total. The van der Waals surface area contributed by atoms with Gasteiger partial charge in [-0.2, -0.15) is 0 Å². The van der Waals surface area contributed by atoms with Crippen LogP contribution in [0, 0.1) is 6.92 Å². The van der Waals surface area contributed by atoms with Crippen LogP contribution in [0.5, 0.6) is 0 Å². The van der Waals surface area contributed by atoms with Crippen molar-refractivity contribution in [2.24, 2.45) is 0 Å². The Morgan fingerprint density at radius 2 is 2.11 bits per heavy atom. The zero-order valence-electron chi connectivity index (χ0n) is 11.9. The van der Waals surface area contributed by atoms with E-state index in [2.05, 4.69) is 24.0 Å². The molecule has 1 aliphatic rings. The second kappa shape index (κ2) is 6.78. The van der Waals surface area contributed by atoms with Crippen molar-refractivity contribution in [2.45, 2.75) is 19.8 Å². The molecule has 106 valence electrons. The molecule has 0 radical (unpaired) electrons. The predicted octanol–water partition coefficient (Wildman–Crippen LogP) is 1.99. The van der Waals surface area contributed by atoms with Gasteiger partial charge in [-0.15, -0.1) is 0 Å². The quantitative estimate of drug-likeness (QED) is 0.604. The Morgan fingerprint density at radius 1 is 1.26 bits per heavy atom. The van der Waals surface area contributed by atoms with Crippen molar-refractivity contribution in [3.8, 4) is 0 Å². The number of ether oxygens (including phenoxy) is 2. The second-order valence-corrected chi connectivity index (χ2v) is 5.03. The van der Waals surface area contributed by atoms with E-state index >= 15 is 0 Å². The van der Waals surface area contributed by atoms with Crippen molar-refractivity contribution in [3.05, 3.63) is 23.3 Å². The number of hydrogen-bond acceptors (Lipinski definition) is 4. The van der Waals surface area contributed by atoms with E-state index < -0.39 is 0 Å². The Bertz CT molecular complexity index is 421. The first kappa shape index (κ1) is 14.2. The molecule has 1 aromatic carbocycles. The van der Waals surface area contributed by atoms with Gasteiger partial charge in [0.2, 0.25) is 0 Å². The van der Waals surface area contributed by atoms with Crippen LogP contribution in [0.2, 0.25) is 0 Å². The highest BCUT2D eigenvalue weighted by molar-refractivity contribution is 5.67. The van der Waals surface area contributed by atoms with Crippen LogP contribution >= 0.6 is 0 Å². The summed E-state index contributed by atoms with van der Waals surface area (Å²) in [6.45, 7) is 6.36. The summed E-state index contributed by atoms with van der Waals surface area (Å²) < 4.78 is 10.6. The van der Waals surface area contributed by atoms with E-state index in [-0.39, 0.29) is 0 Å². The van der Waals surface area contributed by atoms with E-state index in [1.54, 1.807) is 7.11 Å². The van der Waals surface area contributed by atoms with Gasteiger partial charge in [0.05, 0.1) is 6.61 Å². The van der Waals surface area contributed by atoms with Crippen molar-refractivity contribution >= 4 is 11.4 Å². The van der Waals surface area contributed by atoms with Crippen LogP contribution in [-0.2, 0) is 15.9 Å². The van der Waals surface area contributed by atoms with Gasteiger partial charge in [0.25, 0.3) is 0 Å². The van der Waals surface area contributed by atoms with Gasteiger partial charge in [0.1, 0.15) is 0 Å². The number of anilines is 2. The van der Waals surface area contributed by atoms with Crippen LogP contribution in [-0.4, -0.2) is 40.0 Å². The van der Waals surface area contributed by atoms with E-state index in [0.29, 0.717) is 0 Å². The van der Waals surface area contributed by atoms with Crippen molar-refractivity contribution < 1.29 is 9.47 Å². The highest BCUT2D eigenvalue weighted by Gasteiger charge is 2.19. The lowest BCUT2D eigenvalue weighted by Crippen LogP contribution is -2.25. The molecule has 0 fully saturated rings. The van der Waals surface area contributed by atoms with Gasteiger partial charge in [-0.1, -0.05) is 6.07 Å². The predicted molar refractivity (Wildman–Crippen MR) is 78.8 cm³/mol. The Morgan fingerprint density at radius 3 is 2.89 bits per heavy atom. The van der Waals surface area contributed by atoms with E-state index in [4.69, 9.17) is 15.2 Å². The van der Waals surface area contributed by atoms with E-state index in [9.17, 15) is 0 Å². The summed E-state index contributed by atoms with van der Waals surface area (Å²) in [5, 5.41) is 0. The summed E-state index contributed by atoms with van der Waals surface area (Å²) in [5.74, 6) is 0. The van der Waals surface area contributed by atoms with Crippen LogP contribution in [0.15, 0.2) is 12.1 Å². The summed E-state index contributed by atoms with van der Waals surface area (Å²) in [6.07, 6.45) is 2.07. The van der Waals surface area contributed by atoms with Crippen molar-refractivity contribution in [1.29, 1.82) is 0 Å². The van der Waals surface area contributed by atoms with E-state index in [0.717, 1.165) is 51.4 Å². The lowest BCUT2D eigenvalue weighted by molar-refractivity contribution is 0.107. The summed E-state index contributed by atoms with van der Waals surface area (Å²) in [7, 11) is 1.72. The zero-order chi connectivity index (χ0) is 13.7. The molecule has 1 heterocycles. The van der Waals surface area contributed by atoms with Crippen LogP contribution in [0.25, 0.3) is 0 Å². The number of hydrogen-bond donors (Lipinski definition) is 1. The lowest BCUT2D eigenvalue weighted by atomic mass is 10.1. The number of aryl methyl sites for hydroxylation is 1. The van der Waals surface area contributed by atoms with Gasteiger partial charge in [0, 0.05) is 44.8 Å². The zero-order valence-corrected chi connectivity index (χ0v) is 11.9. The molecular formula is C15H24N2O2. The number of methoxy groups -OCH3 is 1. The van der Waals surface area contributed by atoms with Crippen LogP contribution in [0.3, 0.4) is 0 Å². The van der Waals surface area contributed by atoms with Crippen molar-refractivity contribution in [1.82, 2.24) is 0 Å². The molecule has 0 bridgehead atoms. The number of nitrogens with zero attached hydrogens (tertiary/aromatic N) is 1. The molecule has 1 aromatic rings. The molecule has 4 nitrogen and oxygen atoms in total. The largest absolute Gasteiger partial charge is 0.398 e. The highest BCUT2D eigenvalue weighted by Crippen LogP contribution is 2.31. The van der Waals surface area contributed by atoms with Gasteiger partial charge in [-0.25, -0.2) is 0 Å². The van der Waals surface area contributed by atoms with E-state index in [1.165, 1.54) is 16.8 Å². The minimum atomic E-state index is 0.761. The van der Waals surface area contributed by atoms with Gasteiger partial charge in [-0.05, 0) is 37.0 Å². The molecule has 2 rings (SSSR count). The topological polar surface area (TPSA) is 47.7 Å². The summed E-state index contributed by atoms with van der Waals surface area (Å²) >= 11 is 0. The molecule has 0 atom stereocenters. The third-order valence-electron chi connectivity index (χ3n) is 3.60. The fourth-order valence-corrected chi connectivity index (χ4v) is 2.46. The normalized spacial score (nSPS) is 13.9. The first-order valence-corrected chi connectivity index (χ1v) is 6.93. The van der Waals surface area contributed by atoms with Crippen LogP contribution in [0.4, 0.5) is 11.4 Å². The smallest absolute Gasteiger partial charge is 0.0641 e. The first-order valence-electron chi connectivity index (χ1n) is 6.93. The average Bonchev–Trinajstić information content (AvgIpc) is 2.77. The molecule has 0 amide bonds. The highest BCUT2D eigenvalue weighted by atomic mass is 16.5. The third-order valence-corrected chi connectivity index (χ3v) is 3.60. The lowest BCUT2D eigenvalue weighted by Gasteiger charge is -2.20. The molecule has 0 aliphatic carbocycles. The maximum Gasteiger partial charge on any atom is 0.0641 e. The molecule has 0 aromatic heterocycles. The van der Waals surface area contributed by atoms with E-state index in [1.807, 2.05) is 0 Å². The Balaban J connectivity index is 1.80. The van der Waals surface area contributed by atoms with Gasteiger partial charge in [-0.3, -0.25) is 0 Å². The number of nitrogens with two attached hydrogens (primary N) is 1. The van der Waals surface area contributed by atoms with Crippen molar-refractivity contribution in [2.75, 3.05) is 50.7 Å². The molecule has 0 saturated carbocycles. The molecule has 0 spiro atoms. The SMILES string of the molecule is COCCCOCCN1CCc2cc(C)c(N)cc21. The second-order valence-electron chi connectivity index (χ2n) is 5.03. The maximum absolute atomic E-state index is 5.99. The summed E-state index contributed by atoms with van der Waals surface area (Å²) in [4.78, 5) is 2.36. The number of benzene rings is 1. The first-order chi connectivity index (χ1) is 9.22.